The number of hydrogen-bond donors (Lipinski definition) is 1. The molecule has 1 saturated carbocycles. The molecular formula is C15H29N. The number of nitrogens with one attached hydrogen (secondary N) is 1. The molecule has 0 aromatic heterocycles. The Morgan fingerprint density at radius 3 is 2.00 bits per heavy atom. The third-order valence-electron chi connectivity index (χ3n) is 4.41. The van der Waals surface area contributed by atoms with Crippen LogP contribution in [-0.4, -0.2) is 13.1 Å². The molecule has 2 fully saturated rings. The molecule has 2 rings (SSSR count). The van der Waals surface area contributed by atoms with Crippen LogP contribution in [0.25, 0.3) is 0 Å². The van der Waals surface area contributed by atoms with Crippen molar-refractivity contribution >= 4 is 0 Å². The van der Waals surface area contributed by atoms with Gasteiger partial charge in [0, 0.05) is 0 Å². The van der Waals surface area contributed by atoms with Gasteiger partial charge in [-0.2, -0.15) is 0 Å². The maximum absolute atomic E-state index is 4.10. The van der Waals surface area contributed by atoms with E-state index in [9.17, 15) is 0 Å². The van der Waals surface area contributed by atoms with Crippen molar-refractivity contribution in [1.29, 1.82) is 0 Å². The molecule has 1 aliphatic carbocycles. The Morgan fingerprint density at radius 2 is 1.56 bits per heavy atom. The van der Waals surface area contributed by atoms with Gasteiger partial charge >= 0.3 is 0 Å². The molecule has 1 saturated heterocycles. The lowest BCUT2D eigenvalue weighted by Crippen LogP contribution is -2.39. The Labute approximate surface area is 102 Å². The van der Waals surface area contributed by atoms with E-state index in [1.165, 1.54) is 57.2 Å². The smallest absolute Gasteiger partial charge is 0.00436 e. The fraction of sp³-hybridized carbons (Fsp3) is 0.867. The minimum atomic E-state index is 0.719. The quantitative estimate of drug-likeness (QED) is 0.659. The van der Waals surface area contributed by atoms with Crippen molar-refractivity contribution in [3.8, 4) is 0 Å². The average Bonchev–Trinajstić information content (AvgIpc) is 2.33. The second-order valence-electron chi connectivity index (χ2n) is 5.37. The summed E-state index contributed by atoms with van der Waals surface area (Å²) in [5, 5.41) is 3.47. The summed E-state index contributed by atoms with van der Waals surface area (Å²) in [5.74, 6) is 0.829. The second kappa shape index (κ2) is 6.44. The summed E-state index contributed by atoms with van der Waals surface area (Å²) in [7, 11) is 0. The van der Waals surface area contributed by atoms with Gasteiger partial charge in [-0.15, -0.1) is 0 Å². The molecule has 16 heavy (non-hydrogen) atoms. The highest BCUT2D eigenvalue weighted by atomic mass is 14.9. The van der Waals surface area contributed by atoms with Crippen molar-refractivity contribution in [2.24, 2.45) is 11.3 Å². The van der Waals surface area contributed by atoms with Gasteiger partial charge in [0.1, 0.15) is 0 Å². The average molecular weight is 223 g/mol. The molecule has 0 atom stereocenters. The van der Waals surface area contributed by atoms with Gasteiger partial charge in [-0.3, -0.25) is 0 Å². The molecule has 94 valence electrons. The minimum absolute atomic E-state index is 0.719. The van der Waals surface area contributed by atoms with Gasteiger partial charge < -0.3 is 5.32 Å². The summed E-state index contributed by atoms with van der Waals surface area (Å²) in [5.41, 5.74) is 2.13. The van der Waals surface area contributed by atoms with E-state index < -0.39 is 0 Å². The van der Waals surface area contributed by atoms with E-state index in [0.717, 1.165) is 11.3 Å². The number of rotatable bonds is 1. The maximum atomic E-state index is 4.10. The molecule has 0 unspecified atom stereocenters. The normalized spacial score (nSPS) is 24.7. The van der Waals surface area contributed by atoms with E-state index in [-0.39, 0.29) is 0 Å². The molecule has 0 radical (unpaired) electrons. The molecule has 1 spiro atoms. The van der Waals surface area contributed by atoms with Crippen molar-refractivity contribution in [3.63, 3.8) is 0 Å². The Kier molecular flexibility index (Phi) is 5.54. The van der Waals surface area contributed by atoms with E-state index >= 15 is 0 Å². The molecule has 1 aliphatic heterocycles. The number of piperidine rings is 1. The predicted molar refractivity (Wildman–Crippen MR) is 72.7 cm³/mol. The van der Waals surface area contributed by atoms with E-state index in [4.69, 9.17) is 0 Å². The fourth-order valence-corrected chi connectivity index (χ4v) is 3.18. The summed E-state index contributed by atoms with van der Waals surface area (Å²) >= 11 is 0. The van der Waals surface area contributed by atoms with Gasteiger partial charge in [-0.05, 0) is 69.9 Å². The fourth-order valence-electron chi connectivity index (χ4n) is 3.18. The highest BCUT2D eigenvalue weighted by Gasteiger charge is 2.35. The van der Waals surface area contributed by atoms with Crippen molar-refractivity contribution in [1.82, 2.24) is 5.32 Å². The summed E-state index contributed by atoms with van der Waals surface area (Å²) in [4.78, 5) is 0. The maximum Gasteiger partial charge on any atom is -0.00436 e. The molecule has 1 nitrogen and oxygen atoms in total. The van der Waals surface area contributed by atoms with Gasteiger partial charge in [-0.25, -0.2) is 0 Å². The van der Waals surface area contributed by atoms with Crippen molar-refractivity contribution in [2.75, 3.05) is 13.1 Å². The Morgan fingerprint density at radius 1 is 1.06 bits per heavy atom. The van der Waals surface area contributed by atoms with Crippen LogP contribution >= 0.6 is 0 Å². The van der Waals surface area contributed by atoms with Crippen LogP contribution in [0.5, 0.6) is 0 Å². The molecule has 2 aliphatic rings. The first kappa shape index (κ1) is 13.8. The molecule has 0 bridgehead atoms. The first-order valence-corrected chi connectivity index (χ1v) is 7.08. The lowest BCUT2D eigenvalue weighted by Gasteiger charge is -2.43. The van der Waals surface area contributed by atoms with E-state index in [1.54, 1.807) is 0 Å². The summed E-state index contributed by atoms with van der Waals surface area (Å²) in [6, 6.07) is 0. The van der Waals surface area contributed by atoms with Crippen LogP contribution in [0.1, 0.15) is 59.3 Å². The summed E-state index contributed by atoms with van der Waals surface area (Å²) in [6.07, 6.45) is 8.52. The predicted octanol–water partition coefficient (Wildman–Crippen LogP) is 4.15. The molecule has 0 aromatic carbocycles. The molecule has 1 heteroatoms. The molecular weight excluding hydrogens is 194 g/mol. The van der Waals surface area contributed by atoms with Crippen LogP contribution in [-0.2, 0) is 0 Å². The van der Waals surface area contributed by atoms with Gasteiger partial charge in [0.2, 0.25) is 0 Å². The molecule has 1 heterocycles. The third kappa shape index (κ3) is 3.35. The zero-order valence-electron chi connectivity index (χ0n) is 11.4. The first-order chi connectivity index (χ1) is 7.72. The Hall–Kier alpha value is -0.300. The van der Waals surface area contributed by atoms with Crippen molar-refractivity contribution < 1.29 is 0 Å². The van der Waals surface area contributed by atoms with Gasteiger partial charge in [0.15, 0.2) is 0 Å². The van der Waals surface area contributed by atoms with Crippen molar-refractivity contribution in [3.05, 3.63) is 12.2 Å². The highest BCUT2D eigenvalue weighted by molar-refractivity contribution is 5.01. The van der Waals surface area contributed by atoms with Gasteiger partial charge in [0.25, 0.3) is 0 Å². The van der Waals surface area contributed by atoms with Crippen LogP contribution in [0.15, 0.2) is 12.2 Å². The lowest BCUT2D eigenvalue weighted by molar-refractivity contribution is 0.114. The van der Waals surface area contributed by atoms with Crippen LogP contribution in [0.4, 0.5) is 0 Å². The van der Waals surface area contributed by atoms with Crippen LogP contribution in [0.3, 0.4) is 0 Å². The van der Waals surface area contributed by atoms with E-state index in [0.29, 0.717) is 0 Å². The Balaban J connectivity index is 0.000000606. The number of hydrogen-bond acceptors (Lipinski definition) is 1. The SMILES string of the molecule is C=C(C)C1CCC2(CCNCC2)CC1.CC. The topological polar surface area (TPSA) is 12.0 Å². The zero-order valence-corrected chi connectivity index (χ0v) is 11.4. The van der Waals surface area contributed by atoms with Crippen LogP contribution in [0.2, 0.25) is 0 Å². The molecule has 0 amide bonds. The van der Waals surface area contributed by atoms with Gasteiger partial charge in [0.05, 0.1) is 0 Å². The minimum Gasteiger partial charge on any atom is -0.317 e. The van der Waals surface area contributed by atoms with Gasteiger partial charge in [-0.1, -0.05) is 26.0 Å². The van der Waals surface area contributed by atoms with Crippen molar-refractivity contribution in [2.45, 2.75) is 59.3 Å². The Bertz CT molecular complexity index is 203. The molecule has 0 aromatic rings. The summed E-state index contributed by atoms with van der Waals surface area (Å²) in [6.45, 7) is 12.8. The van der Waals surface area contributed by atoms with Crippen LogP contribution in [0, 0.1) is 11.3 Å². The van der Waals surface area contributed by atoms with E-state index in [1.807, 2.05) is 13.8 Å². The third-order valence-corrected chi connectivity index (χ3v) is 4.41. The lowest BCUT2D eigenvalue weighted by atomic mass is 9.65. The first-order valence-electron chi connectivity index (χ1n) is 7.08. The highest BCUT2D eigenvalue weighted by Crippen LogP contribution is 2.46. The largest absolute Gasteiger partial charge is 0.317 e. The molecule has 1 N–H and O–H groups in total. The standard InChI is InChI=1S/C13H23N.C2H6/c1-11(2)12-3-5-13(6-4-12)7-9-14-10-8-13;1-2/h12,14H,1,3-10H2,2H3;1-2H3. The van der Waals surface area contributed by atoms with Crippen LogP contribution < -0.4 is 5.32 Å². The van der Waals surface area contributed by atoms with E-state index in [2.05, 4.69) is 18.8 Å². The number of allylic oxidation sites excluding steroid dienone is 1. The second-order valence-corrected chi connectivity index (χ2v) is 5.37. The summed E-state index contributed by atoms with van der Waals surface area (Å²) < 4.78 is 0. The monoisotopic (exact) mass is 223 g/mol. The zero-order chi connectivity index (χ0) is 12.0.